The Bertz CT molecular complexity index is 1360. The number of fused-ring (bicyclic) bond motifs is 1. The summed E-state index contributed by atoms with van der Waals surface area (Å²) < 4.78 is 12.4. The Morgan fingerprint density at radius 2 is 1.73 bits per heavy atom. The minimum absolute atomic E-state index is 0.103. The second kappa shape index (κ2) is 13.1. The number of amides is 3. The van der Waals surface area contributed by atoms with Crippen molar-refractivity contribution in [3.05, 3.63) is 66.7 Å². The highest BCUT2D eigenvalue weighted by Gasteiger charge is 2.72. The van der Waals surface area contributed by atoms with Gasteiger partial charge in [-0.3, -0.25) is 14.4 Å². The number of nitrogens with zero attached hydrogens (tertiary/aromatic N) is 2. The van der Waals surface area contributed by atoms with Crippen LogP contribution in [-0.4, -0.2) is 78.0 Å². The van der Waals surface area contributed by atoms with E-state index in [1.54, 1.807) is 29.2 Å². The van der Waals surface area contributed by atoms with Crippen LogP contribution in [0, 0.1) is 11.8 Å². The highest BCUT2D eigenvalue weighted by atomic mass is 16.5. The highest BCUT2D eigenvalue weighted by molar-refractivity contribution is 6.02. The molecule has 1 spiro atoms. The van der Waals surface area contributed by atoms with E-state index < -0.39 is 29.6 Å². The third-order valence-electron chi connectivity index (χ3n) is 9.59. The molecule has 3 aliphatic heterocycles. The molecule has 3 heterocycles. The summed E-state index contributed by atoms with van der Waals surface area (Å²) in [5.41, 5.74) is -0.555. The van der Waals surface area contributed by atoms with Crippen molar-refractivity contribution in [1.82, 2.24) is 15.1 Å². The van der Waals surface area contributed by atoms with Crippen molar-refractivity contribution in [3.63, 3.8) is 0 Å². The van der Waals surface area contributed by atoms with E-state index >= 15 is 0 Å². The van der Waals surface area contributed by atoms with Crippen LogP contribution in [0.1, 0.15) is 51.9 Å². The van der Waals surface area contributed by atoms with E-state index in [4.69, 9.17) is 9.47 Å². The fourth-order valence-electron chi connectivity index (χ4n) is 7.31. The summed E-state index contributed by atoms with van der Waals surface area (Å²) in [6.07, 6.45) is 10.6. The van der Waals surface area contributed by atoms with Gasteiger partial charge in [-0.25, -0.2) is 0 Å². The summed E-state index contributed by atoms with van der Waals surface area (Å²) in [5.74, 6) is -0.771. The number of para-hydroxylation sites is 1. The number of ether oxygens (including phenoxy) is 2. The Kier molecular flexibility index (Phi) is 9.05. The molecule has 44 heavy (non-hydrogen) atoms. The van der Waals surface area contributed by atoms with E-state index in [1.165, 1.54) is 6.42 Å². The highest BCUT2D eigenvalue weighted by Crippen LogP contribution is 2.55. The number of benzene rings is 2. The first-order valence-corrected chi connectivity index (χ1v) is 16.2. The Morgan fingerprint density at radius 1 is 1.00 bits per heavy atom. The predicted molar refractivity (Wildman–Crippen MR) is 168 cm³/mol. The number of nitrogens with one attached hydrogen (secondary N) is 2. The van der Waals surface area contributed by atoms with Crippen molar-refractivity contribution in [2.75, 3.05) is 32.0 Å². The van der Waals surface area contributed by atoms with Gasteiger partial charge in [-0.15, -0.1) is 0 Å². The second-order valence-corrected chi connectivity index (χ2v) is 12.7. The van der Waals surface area contributed by atoms with Crippen molar-refractivity contribution < 1.29 is 23.9 Å². The Balaban J connectivity index is 1.20. The fourth-order valence-corrected chi connectivity index (χ4v) is 7.31. The van der Waals surface area contributed by atoms with E-state index in [1.807, 2.05) is 49.5 Å². The molecular weight excluding hydrogens is 556 g/mol. The lowest BCUT2D eigenvalue weighted by atomic mass is 9.74. The van der Waals surface area contributed by atoms with Gasteiger partial charge in [-0.1, -0.05) is 63.0 Å². The molecule has 3 amide bonds. The van der Waals surface area contributed by atoms with Crippen LogP contribution in [0.5, 0.6) is 11.5 Å². The maximum atomic E-state index is 14.2. The van der Waals surface area contributed by atoms with Crippen molar-refractivity contribution in [2.24, 2.45) is 11.8 Å². The topological polar surface area (TPSA) is 100 Å². The molecule has 0 radical (unpaired) electrons. The zero-order valence-electron chi connectivity index (χ0n) is 25.7. The predicted octanol–water partition coefficient (Wildman–Crippen LogP) is 4.75. The van der Waals surface area contributed by atoms with Crippen LogP contribution >= 0.6 is 0 Å². The van der Waals surface area contributed by atoms with Crippen LogP contribution in [0.3, 0.4) is 0 Å². The van der Waals surface area contributed by atoms with Crippen molar-refractivity contribution >= 4 is 23.4 Å². The first kappa shape index (κ1) is 30.3. The third-order valence-corrected chi connectivity index (χ3v) is 9.59. The third kappa shape index (κ3) is 6.00. The first-order valence-electron chi connectivity index (χ1n) is 16.2. The maximum Gasteiger partial charge on any atom is 0.246 e. The molecular formula is C35H44N4O5. The average molecular weight is 601 g/mol. The second-order valence-electron chi connectivity index (χ2n) is 12.7. The quantitative estimate of drug-likeness (QED) is 0.341. The molecule has 2 bridgehead atoms. The molecule has 2 saturated heterocycles. The van der Waals surface area contributed by atoms with Gasteiger partial charge >= 0.3 is 0 Å². The number of anilines is 1. The zero-order chi connectivity index (χ0) is 30.7. The van der Waals surface area contributed by atoms with Gasteiger partial charge in [-0.2, -0.15) is 0 Å². The van der Waals surface area contributed by atoms with E-state index in [2.05, 4.69) is 22.5 Å². The number of likely N-dealkylation sites (N-methyl/N-ethyl adjacent to an activating group) is 1. The van der Waals surface area contributed by atoms with E-state index in [9.17, 15) is 14.4 Å². The van der Waals surface area contributed by atoms with Crippen molar-refractivity contribution in [3.8, 4) is 11.5 Å². The number of unbranched alkanes of at least 4 members (excludes halogenated alkanes) is 1. The summed E-state index contributed by atoms with van der Waals surface area (Å²) in [6, 6.07) is 15.9. The van der Waals surface area contributed by atoms with Gasteiger partial charge in [0.15, 0.2) is 0 Å². The fraction of sp³-hybridized carbons (Fsp3) is 0.514. The van der Waals surface area contributed by atoms with Gasteiger partial charge in [0, 0.05) is 24.8 Å². The van der Waals surface area contributed by atoms with Gasteiger partial charge < -0.3 is 29.9 Å². The molecule has 2 aromatic carbocycles. The zero-order valence-corrected chi connectivity index (χ0v) is 25.7. The summed E-state index contributed by atoms with van der Waals surface area (Å²) in [5, 5.41) is 6.26. The van der Waals surface area contributed by atoms with E-state index in [0.29, 0.717) is 24.5 Å². The van der Waals surface area contributed by atoms with Gasteiger partial charge in [0.25, 0.3) is 0 Å². The van der Waals surface area contributed by atoms with Crippen LogP contribution in [-0.2, 0) is 19.1 Å². The van der Waals surface area contributed by atoms with E-state index in [-0.39, 0.29) is 23.8 Å². The summed E-state index contributed by atoms with van der Waals surface area (Å²) >= 11 is 0. The molecule has 9 heteroatoms. The molecule has 3 fully saturated rings. The molecule has 2 N–H and O–H groups in total. The van der Waals surface area contributed by atoms with Crippen LogP contribution in [0.25, 0.3) is 0 Å². The molecule has 6 rings (SSSR count). The van der Waals surface area contributed by atoms with Crippen molar-refractivity contribution in [1.29, 1.82) is 0 Å². The molecule has 9 nitrogen and oxygen atoms in total. The minimum Gasteiger partial charge on any atom is -0.457 e. The lowest BCUT2D eigenvalue weighted by molar-refractivity contribution is -0.141. The number of carbonyl (C=O) groups excluding carboxylic acids is 3. The SMILES string of the molecule is CCCCN(C)CCN1C(=O)[C@H]2C(C(=O)Nc3ccc(Oc4ccccc4)cc3)[C@H]3C=CC2(O3)C1C(=O)NC1CCCCC1. The van der Waals surface area contributed by atoms with Crippen LogP contribution in [0.2, 0.25) is 0 Å². The Labute approximate surface area is 260 Å². The molecule has 1 aliphatic carbocycles. The average Bonchev–Trinajstić information content (AvgIpc) is 3.68. The first-order chi connectivity index (χ1) is 21.4. The maximum absolute atomic E-state index is 14.2. The van der Waals surface area contributed by atoms with Crippen LogP contribution in [0.15, 0.2) is 66.7 Å². The summed E-state index contributed by atoms with van der Waals surface area (Å²) in [7, 11) is 2.04. The largest absolute Gasteiger partial charge is 0.457 e. The number of carbonyl (C=O) groups is 3. The number of rotatable bonds is 12. The molecule has 2 aromatic rings. The van der Waals surface area contributed by atoms with Crippen molar-refractivity contribution in [2.45, 2.75) is 75.7 Å². The summed E-state index contributed by atoms with van der Waals surface area (Å²) in [4.78, 5) is 45.9. The van der Waals surface area contributed by atoms with Gasteiger partial charge in [0.1, 0.15) is 23.1 Å². The van der Waals surface area contributed by atoms with Gasteiger partial charge in [0.05, 0.1) is 17.9 Å². The number of hydrogen-bond donors (Lipinski definition) is 2. The van der Waals surface area contributed by atoms with Gasteiger partial charge in [0.2, 0.25) is 17.7 Å². The van der Waals surface area contributed by atoms with E-state index in [0.717, 1.165) is 50.8 Å². The molecule has 1 saturated carbocycles. The Hall–Kier alpha value is -3.69. The molecule has 0 aromatic heterocycles. The lowest BCUT2D eigenvalue weighted by Crippen LogP contribution is -2.57. The minimum atomic E-state index is -1.15. The number of hydrogen-bond acceptors (Lipinski definition) is 6. The van der Waals surface area contributed by atoms with Gasteiger partial charge in [-0.05, 0) is 69.3 Å². The summed E-state index contributed by atoms with van der Waals surface area (Å²) in [6.45, 7) is 4.12. The normalized spacial score (nSPS) is 27.5. The lowest BCUT2D eigenvalue weighted by Gasteiger charge is -2.34. The van der Waals surface area contributed by atoms with Crippen LogP contribution in [0.4, 0.5) is 5.69 Å². The number of likely N-dealkylation sites (tertiary alicyclic amines) is 1. The monoisotopic (exact) mass is 600 g/mol. The Morgan fingerprint density at radius 3 is 2.45 bits per heavy atom. The standard InChI is InChI=1S/C35H44N4O5/c1-3-4-21-38(2)22-23-39-31(33(41)37-24-11-7-5-8-12-24)35-20-19-28(44-35)29(30(35)34(39)42)32(40)36-25-15-17-27(18-16-25)43-26-13-9-6-10-14-26/h6,9-10,13-20,24,28-31H,3-5,7-8,11-12,21-23H2,1-2H3,(H,36,40)(H,37,41)/t28-,29?,30-,31?,35?/m1/s1. The molecule has 234 valence electrons. The smallest absolute Gasteiger partial charge is 0.246 e. The molecule has 4 aliphatic rings. The van der Waals surface area contributed by atoms with Crippen LogP contribution < -0.4 is 15.4 Å². The molecule has 5 atom stereocenters. The molecule has 3 unspecified atom stereocenters.